The minimum absolute atomic E-state index is 0.139. The first kappa shape index (κ1) is 14.0. The second-order valence-corrected chi connectivity index (χ2v) is 6.03. The van der Waals surface area contributed by atoms with Crippen LogP contribution in [0.1, 0.15) is 31.4 Å². The smallest absolute Gasteiger partial charge is 0.326 e. The molecule has 1 fully saturated rings. The number of amides is 1. The van der Waals surface area contributed by atoms with Gasteiger partial charge >= 0.3 is 5.97 Å². The molecule has 0 radical (unpaired) electrons. The van der Waals surface area contributed by atoms with Crippen molar-refractivity contribution in [1.82, 2.24) is 4.90 Å². The number of hydrogen-bond donors (Lipinski definition) is 1. The summed E-state index contributed by atoms with van der Waals surface area (Å²) in [6.07, 6.45) is 1.98. The number of nitrogens with zero attached hydrogens (tertiary/aromatic N) is 1. The second-order valence-electron chi connectivity index (χ2n) is 4.96. The Kier molecular flexibility index (Phi) is 4.19. The summed E-state index contributed by atoms with van der Waals surface area (Å²) in [5.41, 5.74) is 0. The zero-order valence-corrected chi connectivity index (χ0v) is 11.7. The van der Waals surface area contributed by atoms with Crippen molar-refractivity contribution in [2.24, 2.45) is 5.92 Å². The van der Waals surface area contributed by atoms with Crippen molar-refractivity contribution >= 4 is 23.6 Å². The van der Waals surface area contributed by atoms with Gasteiger partial charge in [0.15, 0.2) is 0 Å². The van der Waals surface area contributed by atoms with Crippen LogP contribution < -0.4 is 0 Å². The monoisotopic (exact) mass is 283 g/mol. The molecule has 19 heavy (non-hydrogen) atoms. The van der Waals surface area contributed by atoms with Crippen LogP contribution >= 0.6 is 11.8 Å². The summed E-state index contributed by atoms with van der Waals surface area (Å²) in [5, 5.41) is 9.05. The fourth-order valence-electron chi connectivity index (χ4n) is 2.20. The lowest BCUT2D eigenvalue weighted by Crippen LogP contribution is -2.44. The summed E-state index contributed by atoms with van der Waals surface area (Å²) in [4.78, 5) is 24.9. The zero-order valence-electron chi connectivity index (χ0n) is 10.9. The van der Waals surface area contributed by atoms with Gasteiger partial charge in [0.1, 0.15) is 17.2 Å². The van der Waals surface area contributed by atoms with Crippen molar-refractivity contribution in [3.63, 3.8) is 0 Å². The molecule has 0 aliphatic carbocycles. The number of hydrogen-bond acceptors (Lipinski definition) is 4. The first-order valence-electron chi connectivity index (χ1n) is 6.19. The van der Waals surface area contributed by atoms with Crippen LogP contribution in [0.2, 0.25) is 0 Å². The maximum atomic E-state index is 12.0. The molecule has 6 heteroatoms. The largest absolute Gasteiger partial charge is 0.480 e. The number of carboxylic acid groups (broad SMARTS) is 1. The van der Waals surface area contributed by atoms with E-state index in [1.807, 2.05) is 13.8 Å². The molecule has 0 bridgehead atoms. The fourth-order valence-corrected chi connectivity index (χ4v) is 3.38. The van der Waals surface area contributed by atoms with Crippen molar-refractivity contribution < 1.29 is 19.1 Å². The quantitative estimate of drug-likeness (QED) is 0.898. The third kappa shape index (κ3) is 2.94. The number of aliphatic carboxylic acids is 1. The highest BCUT2D eigenvalue weighted by molar-refractivity contribution is 8.00. The van der Waals surface area contributed by atoms with Crippen LogP contribution in [-0.2, 0) is 9.59 Å². The molecule has 2 atom stereocenters. The van der Waals surface area contributed by atoms with Gasteiger partial charge in [0, 0.05) is 0 Å². The molecule has 5 nitrogen and oxygen atoms in total. The Morgan fingerprint density at radius 3 is 2.89 bits per heavy atom. The average Bonchev–Trinajstić information content (AvgIpc) is 2.94. The van der Waals surface area contributed by atoms with Crippen LogP contribution in [0.4, 0.5) is 0 Å². The van der Waals surface area contributed by atoms with Gasteiger partial charge in [0.25, 0.3) is 0 Å². The molecule has 2 rings (SSSR count). The van der Waals surface area contributed by atoms with E-state index < -0.39 is 12.0 Å². The fraction of sp³-hybridized carbons (Fsp3) is 0.538. The molecular weight excluding hydrogens is 266 g/mol. The molecule has 1 N–H and O–H groups in total. The Morgan fingerprint density at radius 1 is 1.63 bits per heavy atom. The van der Waals surface area contributed by atoms with E-state index in [9.17, 15) is 14.7 Å². The lowest BCUT2D eigenvalue weighted by Gasteiger charge is -2.29. The van der Waals surface area contributed by atoms with Gasteiger partial charge in [-0.2, -0.15) is 0 Å². The van der Waals surface area contributed by atoms with Gasteiger partial charge in [-0.15, -0.1) is 11.8 Å². The van der Waals surface area contributed by atoms with Gasteiger partial charge in [-0.05, 0) is 24.5 Å². The molecule has 2 heterocycles. The van der Waals surface area contributed by atoms with Crippen LogP contribution in [0.3, 0.4) is 0 Å². The van der Waals surface area contributed by atoms with E-state index in [0.29, 0.717) is 17.9 Å². The minimum atomic E-state index is -0.957. The van der Waals surface area contributed by atoms with E-state index in [1.54, 1.807) is 12.1 Å². The molecule has 2 unspecified atom stereocenters. The topological polar surface area (TPSA) is 70.8 Å². The molecule has 1 aromatic rings. The molecular formula is C13H17NO4S. The summed E-state index contributed by atoms with van der Waals surface area (Å²) in [5.74, 6) is 0.0379. The van der Waals surface area contributed by atoms with Gasteiger partial charge in [-0.25, -0.2) is 4.79 Å². The van der Waals surface area contributed by atoms with Crippen LogP contribution in [0.5, 0.6) is 0 Å². The molecule has 1 amide bonds. The van der Waals surface area contributed by atoms with Crippen LogP contribution in [-0.4, -0.2) is 33.7 Å². The predicted molar refractivity (Wildman–Crippen MR) is 71.6 cm³/mol. The molecule has 1 saturated heterocycles. The summed E-state index contributed by atoms with van der Waals surface area (Å²) in [7, 11) is 0. The standard InChI is InChI=1S/C13H17NO4S/c1-8(2)6-9(13(16)17)14-11(15)7-19-12(14)10-4-3-5-18-10/h3-5,8-9,12H,6-7H2,1-2H3,(H,16,17). The lowest BCUT2D eigenvalue weighted by molar-refractivity contribution is -0.150. The Labute approximate surface area is 116 Å². The van der Waals surface area contributed by atoms with Crippen LogP contribution in [0.15, 0.2) is 22.8 Å². The summed E-state index contributed by atoms with van der Waals surface area (Å²) in [6.45, 7) is 3.90. The van der Waals surface area contributed by atoms with Crippen molar-refractivity contribution in [3.05, 3.63) is 24.2 Å². The van der Waals surface area contributed by atoms with Crippen molar-refractivity contribution in [3.8, 4) is 0 Å². The van der Waals surface area contributed by atoms with E-state index in [4.69, 9.17) is 4.42 Å². The summed E-state index contributed by atoms with van der Waals surface area (Å²) in [6, 6.07) is 2.73. The maximum Gasteiger partial charge on any atom is 0.326 e. The number of carbonyl (C=O) groups is 2. The van der Waals surface area contributed by atoms with Gasteiger partial charge < -0.3 is 14.4 Å². The third-order valence-corrected chi connectivity index (χ3v) is 4.20. The normalized spacial score (nSPS) is 21.1. The Bertz CT molecular complexity index is 457. The molecule has 0 saturated carbocycles. The molecule has 1 aliphatic rings. The molecule has 1 aromatic heterocycles. The first-order valence-corrected chi connectivity index (χ1v) is 7.24. The number of thioether (sulfide) groups is 1. The van der Waals surface area contributed by atoms with E-state index in [-0.39, 0.29) is 17.2 Å². The van der Waals surface area contributed by atoms with Crippen molar-refractivity contribution in [1.29, 1.82) is 0 Å². The number of carbonyl (C=O) groups excluding carboxylic acids is 1. The van der Waals surface area contributed by atoms with Gasteiger partial charge in [0.05, 0.1) is 12.0 Å². The van der Waals surface area contributed by atoms with Gasteiger partial charge in [-0.1, -0.05) is 13.8 Å². The zero-order chi connectivity index (χ0) is 14.0. The van der Waals surface area contributed by atoms with Crippen molar-refractivity contribution in [2.75, 3.05) is 5.75 Å². The summed E-state index contributed by atoms with van der Waals surface area (Å²) < 4.78 is 5.32. The van der Waals surface area contributed by atoms with Gasteiger partial charge in [-0.3, -0.25) is 4.79 Å². The van der Waals surface area contributed by atoms with Crippen LogP contribution in [0, 0.1) is 5.92 Å². The Morgan fingerprint density at radius 2 is 2.37 bits per heavy atom. The maximum absolute atomic E-state index is 12.0. The molecule has 0 aromatic carbocycles. The lowest BCUT2D eigenvalue weighted by atomic mass is 10.0. The Balaban J connectivity index is 2.26. The average molecular weight is 283 g/mol. The molecule has 104 valence electrons. The number of carboxylic acids is 1. The summed E-state index contributed by atoms with van der Waals surface area (Å²) >= 11 is 1.41. The number of rotatable bonds is 5. The van der Waals surface area contributed by atoms with E-state index >= 15 is 0 Å². The Hall–Kier alpha value is -1.43. The van der Waals surface area contributed by atoms with E-state index in [2.05, 4.69) is 0 Å². The third-order valence-electron chi connectivity index (χ3n) is 3.01. The highest BCUT2D eigenvalue weighted by Gasteiger charge is 2.42. The molecule has 0 spiro atoms. The molecule has 1 aliphatic heterocycles. The number of furan rings is 1. The van der Waals surface area contributed by atoms with Crippen LogP contribution in [0.25, 0.3) is 0 Å². The first-order chi connectivity index (χ1) is 9.00. The highest BCUT2D eigenvalue weighted by Crippen LogP contribution is 2.41. The van der Waals surface area contributed by atoms with E-state index in [0.717, 1.165) is 0 Å². The SMILES string of the molecule is CC(C)CC(C(=O)O)N1C(=O)CSC1c1ccco1. The van der Waals surface area contributed by atoms with Gasteiger partial charge in [0.2, 0.25) is 5.91 Å². The second kappa shape index (κ2) is 5.69. The van der Waals surface area contributed by atoms with E-state index in [1.165, 1.54) is 22.9 Å². The minimum Gasteiger partial charge on any atom is -0.480 e. The van der Waals surface area contributed by atoms with Crippen molar-refractivity contribution in [2.45, 2.75) is 31.7 Å². The predicted octanol–water partition coefficient (Wildman–Crippen LogP) is 2.35. The highest BCUT2D eigenvalue weighted by atomic mass is 32.2.